The van der Waals surface area contributed by atoms with Gasteiger partial charge in [0.15, 0.2) is 10.6 Å². The van der Waals surface area contributed by atoms with Crippen molar-refractivity contribution in [3.63, 3.8) is 0 Å². The minimum atomic E-state index is 0.555. The van der Waals surface area contributed by atoms with Gasteiger partial charge in [0, 0.05) is 21.4 Å². The van der Waals surface area contributed by atoms with E-state index >= 15 is 0 Å². The van der Waals surface area contributed by atoms with Gasteiger partial charge in [-0.3, -0.25) is 9.67 Å². The molecule has 0 aliphatic rings. The van der Waals surface area contributed by atoms with Gasteiger partial charge in [-0.15, -0.1) is 11.3 Å². The normalized spacial score (nSPS) is 11.1. The number of nitrogens with zero attached hydrogens (tertiary/aromatic N) is 2. The standard InChI is InChI=1S/C19H17N3OS2/c1-12-5-7-14(8-6-12)17-13(2)25-11-16(17)18-20-21-19(24)22(18)10-15-4-3-9-23-15/h3-9,11H,10H2,1-2H3,(H,21,24). The van der Waals surface area contributed by atoms with Crippen LogP contribution >= 0.6 is 23.6 Å². The minimum absolute atomic E-state index is 0.555. The lowest BCUT2D eigenvalue weighted by molar-refractivity contribution is 0.493. The summed E-state index contributed by atoms with van der Waals surface area (Å²) < 4.78 is 8.05. The predicted molar refractivity (Wildman–Crippen MR) is 103 cm³/mol. The number of furan rings is 1. The second kappa shape index (κ2) is 6.46. The molecule has 126 valence electrons. The van der Waals surface area contributed by atoms with Crippen LogP contribution in [-0.2, 0) is 6.54 Å². The number of thiophene rings is 1. The lowest BCUT2D eigenvalue weighted by Gasteiger charge is -2.08. The molecular formula is C19H17N3OS2. The molecule has 0 spiro atoms. The molecule has 0 atom stereocenters. The zero-order chi connectivity index (χ0) is 17.4. The van der Waals surface area contributed by atoms with E-state index in [1.165, 1.54) is 21.6 Å². The van der Waals surface area contributed by atoms with Crippen LogP contribution in [-0.4, -0.2) is 14.8 Å². The first-order valence-electron chi connectivity index (χ1n) is 7.96. The first kappa shape index (κ1) is 16.1. The topological polar surface area (TPSA) is 46.8 Å². The summed E-state index contributed by atoms with van der Waals surface area (Å²) in [7, 11) is 0. The predicted octanol–water partition coefficient (Wildman–Crippen LogP) is 5.59. The summed E-state index contributed by atoms with van der Waals surface area (Å²) in [4.78, 5) is 1.26. The van der Waals surface area contributed by atoms with E-state index in [-0.39, 0.29) is 0 Å². The number of rotatable bonds is 4. The van der Waals surface area contributed by atoms with Crippen LogP contribution in [0.25, 0.3) is 22.5 Å². The van der Waals surface area contributed by atoms with Crippen molar-refractivity contribution in [2.75, 3.05) is 0 Å². The summed E-state index contributed by atoms with van der Waals surface area (Å²) >= 11 is 7.16. The lowest BCUT2D eigenvalue weighted by atomic mass is 10.0. The maximum absolute atomic E-state index is 5.48. The number of hydrogen-bond acceptors (Lipinski definition) is 4. The fourth-order valence-electron chi connectivity index (χ4n) is 2.93. The third-order valence-electron chi connectivity index (χ3n) is 4.21. The number of H-pyrrole nitrogens is 1. The Bertz CT molecular complexity index is 1050. The SMILES string of the molecule is Cc1ccc(-c2c(-c3n[nH]c(=S)n3Cc3ccco3)csc2C)cc1. The maximum Gasteiger partial charge on any atom is 0.195 e. The number of hydrogen-bond donors (Lipinski definition) is 1. The molecule has 3 heterocycles. The molecule has 1 N–H and O–H groups in total. The Morgan fingerprint density at radius 1 is 1.20 bits per heavy atom. The first-order valence-corrected chi connectivity index (χ1v) is 9.25. The Balaban J connectivity index is 1.84. The average Bonchev–Trinajstić information content (AvgIpc) is 3.32. The van der Waals surface area contributed by atoms with E-state index in [0.717, 1.165) is 17.1 Å². The Hall–Kier alpha value is -2.44. The number of nitrogens with one attached hydrogen (secondary N) is 1. The van der Waals surface area contributed by atoms with Crippen molar-refractivity contribution in [2.24, 2.45) is 0 Å². The van der Waals surface area contributed by atoms with Crippen molar-refractivity contribution in [3.05, 3.63) is 69.0 Å². The Morgan fingerprint density at radius 3 is 2.72 bits per heavy atom. The largest absolute Gasteiger partial charge is 0.467 e. The highest BCUT2D eigenvalue weighted by Gasteiger charge is 2.18. The van der Waals surface area contributed by atoms with Crippen LogP contribution in [0.2, 0.25) is 0 Å². The van der Waals surface area contributed by atoms with Gasteiger partial charge < -0.3 is 4.42 Å². The van der Waals surface area contributed by atoms with Gasteiger partial charge in [-0.25, -0.2) is 0 Å². The third kappa shape index (κ3) is 2.99. The second-order valence-corrected chi connectivity index (χ2v) is 7.43. The van der Waals surface area contributed by atoms with Gasteiger partial charge in [0.05, 0.1) is 12.8 Å². The average molecular weight is 367 g/mol. The van der Waals surface area contributed by atoms with Crippen molar-refractivity contribution in [3.8, 4) is 22.5 Å². The van der Waals surface area contributed by atoms with Crippen LogP contribution in [0.15, 0.2) is 52.5 Å². The third-order valence-corrected chi connectivity index (χ3v) is 5.43. The first-order chi connectivity index (χ1) is 12.1. The number of aryl methyl sites for hydroxylation is 2. The van der Waals surface area contributed by atoms with Crippen LogP contribution in [0.4, 0.5) is 0 Å². The summed E-state index contributed by atoms with van der Waals surface area (Å²) in [5.41, 5.74) is 4.74. The van der Waals surface area contributed by atoms with Crippen molar-refractivity contribution in [1.29, 1.82) is 0 Å². The Kier molecular flexibility index (Phi) is 4.15. The van der Waals surface area contributed by atoms with E-state index < -0.39 is 0 Å². The molecule has 0 amide bonds. The summed E-state index contributed by atoms with van der Waals surface area (Å²) in [6.45, 7) is 4.79. The molecular weight excluding hydrogens is 350 g/mol. The van der Waals surface area contributed by atoms with Gasteiger partial charge in [-0.1, -0.05) is 29.8 Å². The Morgan fingerprint density at radius 2 is 2.00 bits per heavy atom. The van der Waals surface area contributed by atoms with Crippen LogP contribution in [0, 0.1) is 18.6 Å². The fourth-order valence-corrected chi connectivity index (χ4v) is 3.99. The van der Waals surface area contributed by atoms with Crippen LogP contribution in [0.5, 0.6) is 0 Å². The molecule has 4 nitrogen and oxygen atoms in total. The van der Waals surface area contributed by atoms with Crippen molar-refractivity contribution < 1.29 is 4.42 Å². The Labute approximate surface area is 154 Å². The number of aromatic nitrogens is 3. The van der Waals surface area contributed by atoms with E-state index in [9.17, 15) is 0 Å². The second-order valence-electron chi connectivity index (χ2n) is 5.96. The number of aromatic amines is 1. The molecule has 0 unspecified atom stereocenters. The smallest absolute Gasteiger partial charge is 0.195 e. The lowest BCUT2D eigenvalue weighted by Crippen LogP contribution is -2.02. The molecule has 0 aliphatic heterocycles. The molecule has 0 saturated carbocycles. The summed E-state index contributed by atoms with van der Waals surface area (Å²) in [6.07, 6.45) is 1.67. The molecule has 0 saturated heterocycles. The summed E-state index contributed by atoms with van der Waals surface area (Å²) in [5, 5.41) is 9.57. The molecule has 0 fully saturated rings. The monoisotopic (exact) mass is 367 g/mol. The summed E-state index contributed by atoms with van der Waals surface area (Å²) in [5.74, 6) is 1.68. The van der Waals surface area contributed by atoms with Gasteiger partial charge in [0.2, 0.25) is 0 Å². The highest BCUT2D eigenvalue weighted by Crippen LogP contribution is 2.38. The molecule has 25 heavy (non-hydrogen) atoms. The number of benzene rings is 1. The molecule has 6 heteroatoms. The molecule has 0 bridgehead atoms. The van der Waals surface area contributed by atoms with Crippen molar-refractivity contribution in [2.45, 2.75) is 20.4 Å². The molecule has 0 radical (unpaired) electrons. The maximum atomic E-state index is 5.48. The minimum Gasteiger partial charge on any atom is -0.467 e. The van der Waals surface area contributed by atoms with Gasteiger partial charge in [0.1, 0.15) is 5.76 Å². The van der Waals surface area contributed by atoms with E-state index in [1.807, 2.05) is 16.7 Å². The van der Waals surface area contributed by atoms with E-state index in [1.54, 1.807) is 17.6 Å². The van der Waals surface area contributed by atoms with Crippen LogP contribution < -0.4 is 0 Å². The zero-order valence-electron chi connectivity index (χ0n) is 13.9. The van der Waals surface area contributed by atoms with Gasteiger partial charge in [0.25, 0.3) is 0 Å². The highest BCUT2D eigenvalue weighted by molar-refractivity contribution is 7.71. The molecule has 0 aliphatic carbocycles. The summed E-state index contributed by atoms with van der Waals surface area (Å²) in [6, 6.07) is 12.4. The van der Waals surface area contributed by atoms with Crippen LogP contribution in [0.3, 0.4) is 0 Å². The molecule has 3 aromatic heterocycles. The van der Waals surface area contributed by atoms with Crippen molar-refractivity contribution >= 4 is 23.6 Å². The van der Waals surface area contributed by atoms with Gasteiger partial charge >= 0.3 is 0 Å². The molecule has 4 rings (SSSR count). The van der Waals surface area contributed by atoms with Crippen molar-refractivity contribution in [1.82, 2.24) is 14.8 Å². The van der Waals surface area contributed by atoms with E-state index in [4.69, 9.17) is 16.6 Å². The molecule has 4 aromatic rings. The van der Waals surface area contributed by atoms with E-state index in [2.05, 4.69) is 53.7 Å². The quantitative estimate of drug-likeness (QED) is 0.478. The van der Waals surface area contributed by atoms with E-state index in [0.29, 0.717) is 11.3 Å². The highest BCUT2D eigenvalue weighted by atomic mass is 32.1. The van der Waals surface area contributed by atoms with Gasteiger partial charge in [-0.2, -0.15) is 5.10 Å². The zero-order valence-corrected chi connectivity index (χ0v) is 15.6. The van der Waals surface area contributed by atoms with Gasteiger partial charge in [-0.05, 0) is 43.8 Å². The fraction of sp³-hybridized carbons (Fsp3) is 0.158. The molecule has 1 aromatic carbocycles. The van der Waals surface area contributed by atoms with Crippen LogP contribution in [0.1, 0.15) is 16.2 Å².